The van der Waals surface area contributed by atoms with E-state index in [0.717, 1.165) is 0 Å². The molecule has 104 valence electrons. The van der Waals surface area contributed by atoms with Crippen molar-refractivity contribution in [3.63, 3.8) is 0 Å². The average Bonchev–Trinajstić information content (AvgIpc) is 2.27. The molecular weight excluding hydrogens is 240 g/mol. The Hall–Kier alpha value is -1.79. The summed E-state index contributed by atoms with van der Waals surface area (Å²) in [4.78, 5) is 32.8. The van der Waals surface area contributed by atoms with E-state index in [4.69, 9.17) is 10.2 Å². The zero-order valence-electron chi connectivity index (χ0n) is 10.8. The van der Waals surface area contributed by atoms with E-state index in [1.165, 1.54) is 0 Å². The monoisotopic (exact) mass is 260 g/mol. The van der Waals surface area contributed by atoms with Crippen LogP contribution in [0.3, 0.4) is 0 Å². The third kappa shape index (κ3) is 5.51. The minimum absolute atomic E-state index is 0.434. The minimum Gasteiger partial charge on any atom is -0.481 e. The summed E-state index contributed by atoms with van der Waals surface area (Å²) in [7, 11) is 0. The van der Waals surface area contributed by atoms with Crippen LogP contribution in [0.4, 0.5) is 4.79 Å². The Bertz CT molecular complexity index is 325. The fourth-order valence-corrected chi connectivity index (χ4v) is 1.27. The lowest BCUT2D eigenvalue weighted by molar-refractivity contribution is -0.145. The van der Waals surface area contributed by atoms with Crippen molar-refractivity contribution in [1.29, 1.82) is 0 Å². The van der Waals surface area contributed by atoms with Crippen molar-refractivity contribution in [3.8, 4) is 0 Å². The number of hydrogen-bond donors (Lipinski definition) is 4. The number of rotatable bonds is 7. The van der Waals surface area contributed by atoms with Gasteiger partial charge in [0.2, 0.25) is 0 Å². The summed E-state index contributed by atoms with van der Waals surface area (Å²) in [5.41, 5.74) is -0.434. The summed E-state index contributed by atoms with van der Waals surface area (Å²) in [5.74, 6) is -2.65. The van der Waals surface area contributed by atoms with Gasteiger partial charge in [-0.05, 0) is 19.8 Å². The number of carboxylic acids is 2. The number of carbonyl (C=O) groups excluding carboxylic acids is 1. The predicted octanol–water partition coefficient (Wildman–Crippen LogP) is 0.792. The Morgan fingerprint density at radius 2 is 1.67 bits per heavy atom. The highest BCUT2D eigenvalue weighted by molar-refractivity contribution is 5.86. The number of aliphatic carboxylic acids is 2. The van der Waals surface area contributed by atoms with Crippen molar-refractivity contribution in [2.24, 2.45) is 0 Å². The second-order valence-electron chi connectivity index (χ2n) is 4.35. The molecule has 0 aliphatic carbocycles. The summed E-state index contributed by atoms with van der Waals surface area (Å²) in [6.07, 6.45) is 0.721. The highest BCUT2D eigenvalue weighted by Crippen LogP contribution is 2.13. The van der Waals surface area contributed by atoms with Gasteiger partial charge >= 0.3 is 18.0 Å². The topological polar surface area (TPSA) is 116 Å². The molecule has 0 heterocycles. The molecule has 0 spiro atoms. The Balaban J connectivity index is 4.52. The molecule has 0 fully saturated rings. The maximum absolute atomic E-state index is 11.6. The Morgan fingerprint density at radius 3 is 2.00 bits per heavy atom. The van der Waals surface area contributed by atoms with E-state index in [1.54, 1.807) is 0 Å². The van der Waals surface area contributed by atoms with Crippen LogP contribution in [0.1, 0.15) is 40.0 Å². The zero-order valence-corrected chi connectivity index (χ0v) is 10.8. The number of nitrogens with one attached hydrogen (secondary N) is 2. The molecule has 0 aromatic carbocycles. The average molecular weight is 260 g/mol. The molecule has 7 nitrogen and oxygen atoms in total. The van der Waals surface area contributed by atoms with Gasteiger partial charge in [0, 0.05) is 5.54 Å². The van der Waals surface area contributed by atoms with Gasteiger partial charge in [-0.25, -0.2) is 9.59 Å². The lowest BCUT2D eigenvalue weighted by Crippen LogP contribution is -2.53. The molecule has 0 bridgehead atoms. The van der Waals surface area contributed by atoms with E-state index in [1.807, 2.05) is 20.8 Å². The lowest BCUT2D eigenvalue weighted by atomic mass is 9.96. The van der Waals surface area contributed by atoms with Gasteiger partial charge in [-0.1, -0.05) is 13.8 Å². The van der Waals surface area contributed by atoms with Crippen LogP contribution in [0.2, 0.25) is 0 Å². The molecule has 0 saturated heterocycles. The molecule has 1 atom stereocenters. The van der Waals surface area contributed by atoms with Crippen molar-refractivity contribution in [2.45, 2.75) is 51.6 Å². The van der Waals surface area contributed by atoms with Crippen molar-refractivity contribution < 1.29 is 24.6 Å². The van der Waals surface area contributed by atoms with Crippen LogP contribution < -0.4 is 10.6 Å². The van der Waals surface area contributed by atoms with E-state index in [0.29, 0.717) is 12.8 Å². The van der Waals surface area contributed by atoms with Crippen LogP contribution in [0, 0.1) is 0 Å². The normalized spacial score (nSPS) is 12.6. The molecule has 0 aliphatic heterocycles. The summed E-state index contributed by atoms with van der Waals surface area (Å²) >= 11 is 0. The fraction of sp³-hybridized carbons (Fsp3) is 0.727. The molecule has 0 saturated carbocycles. The Morgan fingerprint density at radius 1 is 1.17 bits per heavy atom. The first-order valence-electron chi connectivity index (χ1n) is 5.77. The summed E-state index contributed by atoms with van der Waals surface area (Å²) in [5, 5.41) is 22.1. The van der Waals surface area contributed by atoms with Crippen molar-refractivity contribution in [3.05, 3.63) is 0 Å². The molecular formula is C11H20N2O5. The minimum atomic E-state index is -1.43. The molecule has 4 N–H and O–H groups in total. The molecule has 7 heteroatoms. The SMILES string of the molecule is CCC(C)(CC)NC(=O)N[C@H](CC(=O)O)C(=O)O. The van der Waals surface area contributed by atoms with Gasteiger partial charge < -0.3 is 20.8 Å². The molecule has 0 rings (SSSR count). The number of carboxylic acid groups (broad SMARTS) is 2. The third-order valence-corrected chi connectivity index (χ3v) is 2.96. The van der Waals surface area contributed by atoms with Crippen molar-refractivity contribution in [1.82, 2.24) is 10.6 Å². The molecule has 0 aliphatic rings. The van der Waals surface area contributed by atoms with Gasteiger partial charge in [0.25, 0.3) is 0 Å². The first-order chi connectivity index (χ1) is 8.24. The van der Waals surface area contributed by atoms with Gasteiger partial charge in [0.15, 0.2) is 0 Å². The van der Waals surface area contributed by atoms with E-state index in [9.17, 15) is 14.4 Å². The zero-order chi connectivity index (χ0) is 14.3. The Kier molecular flexibility index (Phi) is 6.15. The highest BCUT2D eigenvalue weighted by atomic mass is 16.4. The molecule has 0 aromatic heterocycles. The van der Waals surface area contributed by atoms with Crippen LogP contribution >= 0.6 is 0 Å². The standard InChI is InChI=1S/C11H20N2O5/c1-4-11(3,5-2)13-10(18)12-7(9(16)17)6-8(14)15/h7H,4-6H2,1-3H3,(H,14,15)(H,16,17)(H2,12,13,18)/t7-/m1/s1. The second-order valence-corrected chi connectivity index (χ2v) is 4.35. The van der Waals surface area contributed by atoms with Crippen LogP contribution in [-0.2, 0) is 9.59 Å². The van der Waals surface area contributed by atoms with Gasteiger partial charge in [0.05, 0.1) is 6.42 Å². The Labute approximate surface area is 106 Å². The lowest BCUT2D eigenvalue weighted by Gasteiger charge is -2.28. The van der Waals surface area contributed by atoms with Gasteiger partial charge in [-0.2, -0.15) is 0 Å². The van der Waals surface area contributed by atoms with E-state index in [2.05, 4.69) is 10.6 Å². The maximum atomic E-state index is 11.6. The van der Waals surface area contributed by atoms with E-state index >= 15 is 0 Å². The van der Waals surface area contributed by atoms with Gasteiger partial charge in [-0.15, -0.1) is 0 Å². The molecule has 0 radical (unpaired) electrons. The number of urea groups is 1. The third-order valence-electron chi connectivity index (χ3n) is 2.96. The summed E-state index contributed by atoms with van der Waals surface area (Å²) in [6.45, 7) is 5.63. The fourth-order valence-electron chi connectivity index (χ4n) is 1.27. The van der Waals surface area contributed by atoms with Crippen LogP contribution in [0.15, 0.2) is 0 Å². The van der Waals surface area contributed by atoms with Crippen LogP contribution in [0.25, 0.3) is 0 Å². The number of hydrogen-bond acceptors (Lipinski definition) is 3. The van der Waals surface area contributed by atoms with E-state index < -0.39 is 36.0 Å². The van der Waals surface area contributed by atoms with E-state index in [-0.39, 0.29) is 0 Å². The molecule has 2 amide bonds. The quantitative estimate of drug-likeness (QED) is 0.540. The van der Waals surface area contributed by atoms with Crippen molar-refractivity contribution in [2.75, 3.05) is 0 Å². The predicted molar refractivity (Wildman–Crippen MR) is 64.3 cm³/mol. The van der Waals surface area contributed by atoms with Gasteiger partial charge in [0.1, 0.15) is 6.04 Å². The first-order valence-corrected chi connectivity index (χ1v) is 5.77. The largest absolute Gasteiger partial charge is 0.481 e. The van der Waals surface area contributed by atoms with Gasteiger partial charge in [-0.3, -0.25) is 4.79 Å². The number of carbonyl (C=O) groups is 3. The van der Waals surface area contributed by atoms with Crippen LogP contribution in [0.5, 0.6) is 0 Å². The molecule has 0 aromatic rings. The van der Waals surface area contributed by atoms with Crippen molar-refractivity contribution >= 4 is 18.0 Å². The number of amides is 2. The smallest absolute Gasteiger partial charge is 0.326 e. The molecule has 18 heavy (non-hydrogen) atoms. The van der Waals surface area contributed by atoms with Crippen LogP contribution in [-0.4, -0.2) is 39.8 Å². The summed E-state index contributed by atoms with van der Waals surface area (Å²) < 4.78 is 0. The molecule has 0 unspecified atom stereocenters. The first kappa shape index (κ1) is 16.2. The maximum Gasteiger partial charge on any atom is 0.326 e. The second kappa shape index (κ2) is 6.83. The summed E-state index contributed by atoms with van der Waals surface area (Å²) in [6, 6.07) is -2.10. The highest BCUT2D eigenvalue weighted by Gasteiger charge is 2.26.